The van der Waals surface area contributed by atoms with E-state index in [1.165, 1.54) is 25.7 Å². The normalized spacial score (nSPS) is 29.8. The average Bonchev–Trinajstić information content (AvgIpc) is 2.07. The summed E-state index contributed by atoms with van der Waals surface area (Å²) in [5.41, 5.74) is 9.12. The molecule has 0 aromatic heterocycles. The van der Waals surface area contributed by atoms with Crippen molar-refractivity contribution in [3.8, 4) is 0 Å². The largest absolute Gasteiger partial charge is 0.273 e. The second-order valence-electron chi connectivity index (χ2n) is 3.90. The molecule has 66 valence electrons. The summed E-state index contributed by atoms with van der Waals surface area (Å²) in [6.45, 7) is 0. The lowest BCUT2D eigenvalue weighted by atomic mass is 9.88. The molecule has 1 aliphatic heterocycles. The number of nitrogens with zero attached hydrogens (tertiary/aromatic N) is 1. The Balaban J connectivity index is 2.26. The summed E-state index contributed by atoms with van der Waals surface area (Å²) < 4.78 is 2.14. The van der Waals surface area contributed by atoms with Crippen molar-refractivity contribution in [3.05, 3.63) is 11.1 Å². The second-order valence-corrected chi connectivity index (χ2v) is 3.90. The SMILES string of the molecule is C[N+]1=CC2=C(CCCC2)CC1N. The lowest BCUT2D eigenvalue weighted by molar-refractivity contribution is -0.534. The van der Waals surface area contributed by atoms with Crippen molar-refractivity contribution in [2.75, 3.05) is 7.05 Å². The molecule has 0 fully saturated rings. The van der Waals surface area contributed by atoms with Crippen LogP contribution in [0.5, 0.6) is 0 Å². The van der Waals surface area contributed by atoms with Gasteiger partial charge in [-0.1, -0.05) is 5.57 Å². The first-order valence-corrected chi connectivity index (χ1v) is 4.80. The van der Waals surface area contributed by atoms with Gasteiger partial charge in [-0.3, -0.25) is 5.73 Å². The number of nitrogens with two attached hydrogens (primary N) is 1. The standard InChI is InChI=1S/C10H17N2/c1-12-7-9-5-3-2-4-8(9)6-10(12)11/h7,10H,2-6,11H2,1H3/q+1. The average molecular weight is 165 g/mol. The quantitative estimate of drug-likeness (QED) is 0.538. The molecule has 2 aliphatic rings. The predicted octanol–water partition coefficient (Wildman–Crippen LogP) is 1.26. The lowest BCUT2D eigenvalue weighted by Crippen LogP contribution is -2.37. The van der Waals surface area contributed by atoms with Gasteiger partial charge in [0.2, 0.25) is 6.17 Å². The zero-order valence-electron chi connectivity index (χ0n) is 7.71. The maximum Gasteiger partial charge on any atom is 0.207 e. The van der Waals surface area contributed by atoms with E-state index in [9.17, 15) is 0 Å². The van der Waals surface area contributed by atoms with E-state index in [0.29, 0.717) is 0 Å². The molecule has 12 heavy (non-hydrogen) atoms. The molecule has 1 unspecified atom stereocenters. The Bertz CT molecular complexity index is 251. The Morgan fingerprint density at radius 3 is 3.00 bits per heavy atom. The van der Waals surface area contributed by atoms with Gasteiger partial charge in [0.15, 0.2) is 6.21 Å². The van der Waals surface area contributed by atoms with Crippen LogP contribution in [0.3, 0.4) is 0 Å². The Morgan fingerprint density at radius 1 is 1.42 bits per heavy atom. The zero-order valence-corrected chi connectivity index (χ0v) is 7.71. The predicted molar refractivity (Wildman–Crippen MR) is 50.3 cm³/mol. The minimum atomic E-state index is 0.224. The van der Waals surface area contributed by atoms with E-state index in [2.05, 4.69) is 17.8 Å². The summed E-state index contributed by atoms with van der Waals surface area (Å²) in [7, 11) is 2.07. The van der Waals surface area contributed by atoms with Crippen molar-refractivity contribution in [3.63, 3.8) is 0 Å². The van der Waals surface area contributed by atoms with E-state index in [0.717, 1.165) is 6.42 Å². The van der Waals surface area contributed by atoms with Gasteiger partial charge in [-0.15, -0.1) is 0 Å². The highest BCUT2D eigenvalue weighted by atomic mass is 15.1. The molecule has 0 aromatic rings. The third kappa shape index (κ3) is 1.31. The van der Waals surface area contributed by atoms with Crippen LogP contribution in [-0.2, 0) is 0 Å². The highest BCUT2D eigenvalue weighted by Crippen LogP contribution is 2.28. The summed E-state index contributed by atoms with van der Waals surface area (Å²) in [4.78, 5) is 0. The number of allylic oxidation sites excluding steroid dienone is 1. The fourth-order valence-electron chi connectivity index (χ4n) is 2.12. The molecule has 0 spiro atoms. The molecule has 0 bridgehead atoms. The van der Waals surface area contributed by atoms with Gasteiger partial charge in [0.25, 0.3) is 0 Å². The maximum absolute atomic E-state index is 5.95. The number of hydrogen-bond acceptors (Lipinski definition) is 1. The Kier molecular flexibility index (Phi) is 2.01. The van der Waals surface area contributed by atoms with E-state index in [1.807, 2.05) is 0 Å². The van der Waals surface area contributed by atoms with Crippen LogP contribution in [0.2, 0.25) is 0 Å². The second kappa shape index (κ2) is 3.02. The third-order valence-electron chi connectivity index (χ3n) is 2.97. The van der Waals surface area contributed by atoms with Crippen molar-refractivity contribution in [2.45, 2.75) is 38.3 Å². The van der Waals surface area contributed by atoms with Crippen LogP contribution in [0.25, 0.3) is 0 Å². The summed E-state index contributed by atoms with van der Waals surface area (Å²) in [5.74, 6) is 0. The van der Waals surface area contributed by atoms with Crippen molar-refractivity contribution in [1.29, 1.82) is 0 Å². The summed E-state index contributed by atoms with van der Waals surface area (Å²) >= 11 is 0. The Morgan fingerprint density at radius 2 is 2.17 bits per heavy atom. The highest BCUT2D eigenvalue weighted by Gasteiger charge is 2.24. The minimum absolute atomic E-state index is 0.224. The van der Waals surface area contributed by atoms with Crippen molar-refractivity contribution in [1.82, 2.24) is 0 Å². The fraction of sp³-hybridized carbons (Fsp3) is 0.700. The monoisotopic (exact) mass is 165 g/mol. The lowest BCUT2D eigenvalue weighted by Gasteiger charge is -2.22. The molecule has 0 saturated carbocycles. The molecule has 0 amide bonds. The molecular weight excluding hydrogens is 148 g/mol. The summed E-state index contributed by atoms with van der Waals surface area (Å²) in [6.07, 6.45) is 8.83. The van der Waals surface area contributed by atoms with Gasteiger partial charge in [0.1, 0.15) is 7.05 Å². The molecule has 0 saturated heterocycles. The smallest absolute Gasteiger partial charge is 0.207 e. The first kappa shape index (κ1) is 7.99. The zero-order chi connectivity index (χ0) is 8.55. The van der Waals surface area contributed by atoms with Gasteiger partial charge in [0, 0.05) is 12.0 Å². The van der Waals surface area contributed by atoms with Gasteiger partial charge < -0.3 is 0 Å². The molecule has 2 nitrogen and oxygen atoms in total. The number of hydrogen-bond donors (Lipinski definition) is 1. The molecule has 0 radical (unpaired) electrons. The van der Waals surface area contributed by atoms with E-state index >= 15 is 0 Å². The number of rotatable bonds is 0. The van der Waals surface area contributed by atoms with Crippen LogP contribution in [0, 0.1) is 0 Å². The minimum Gasteiger partial charge on any atom is -0.273 e. The van der Waals surface area contributed by atoms with Crippen LogP contribution in [0.4, 0.5) is 0 Å². The van der Waals surface area contributed by atoms with E-state index in [-0.39, 0.29) is 6.17 Å². The first-order valence-electron chi connectivity index (χ1n) is 4.80. The molecule has 2 heteroatoms. The van der Waals surface area contributed by atoms with Gasteiger partial charge in [-0.05, 0) is 25.7 Å². The third-order valence-corrected chi connectivity index (χ3v) is 2.97. The Hall–Kier alpha value is -0.630. The molecule has 1 atom stereocenters. The van der Waals surface area contributed by atoms with Crippen molar-refractivity contribution >= 4 is 6.21 Å². The van der Waals surface area contributed by atoms with Gasteiger partial charge in [-0.2, -0.15) is 0 Å². The van der Waals surface area contributed by atoms with Gasteiger partial charge >= 0.3 is 0 Å². The molecule has 1 aliphatic carbocycles. The van der Waals surface area contributed by atoms with Crippen LogP contribution in [0.1, 0.15) is 32.1 Å². The van der Waals surface area contributed by atoms with Gasteiger partial charge in [0.05, 0.1) is 0 Å². The summed E-state index contributed by atoms with van der Waals surface area (Å²) in [5, 5.41) is 0. The topological polar surface area (TPSA) is 29.0 Å². The van der Waals surface area contributed by atoms with E-state index < -0.39 is 0 Å². The molecular formula is C10H17N2+. The van der Waals surface area contributed by atoms with Crippen LogP contribution < -0.4 is 5.73 Å². The first-order chi connectivity index (χ1) is 5.77. The van der Waals surface area contributed by atoms with E-state index in [4.69, 9.17) is 5.73 Å². The van der Waals surface area contributed by atoms with E-state index in [1.54, 1.807) is 11.1 Å². The molecule has 2 N–H and O–H groups in total. The summed E-state index contributed by atoms with van der Waals surface area (Å²) in [6, 6.07) is 0. The van der Waals surface area contributed by atoms with Crippen molar-refractivity contribution in [2.24, 2.45) is 5.73 Å². The maximum atomic E-state index is 5.95. The Labute approximate surface area is 73.8 Å². The van der Waals surface area contributed by atoms with Crippen LogP contribution >= 0.6 is 0 Å². The van der Waals surface area contributed by atoms with Gasteiger partial charge in [-0.25, -0.2) is 4.58 Å². The van der Waals surface area contributed by atoms with Crippen LogP contribution in [-0.4, -0.2) is 24.0 Å². The molecule has 1 heterocycles. The fourth-order valence-corrected chi connectivity index (χ4v) is 2.12. The highest BCUT2D eigenvalue weighted by molar-refractivity contribution is 5.76. The van der Waals surface area contributed by atoms with Crippen molar-refractivity contribution < 1.29 is 4.58 Å². The van der Waals surface area contributed by atoms with Crippen LogP contribution in [0.15, 0.2) is 11.1 Å². The molecule has 0 aromatic carbocycles. The molecule has 2 rings (SSSR count).